The minimum absolute atomic E-state index is 0.0143. The van der Waals surface area contributed by atoms with Gasteiger partial charge in [0, 0.05) is 43.0 Å². The summed E-state index contributed by atoms with van der Waals surface area (Å²) in [7, 11) is 0. The molecular weight excluding hydrogens is 395 g/mol. The molecule has 3 rings (SSSR count). The molecule has 7 heteroatoms. The first-order valence-electron chi connectivity index (χ1n) is 9.62. The second-order valence-corrected chi connectivity index (χ2v) is 8.32. The van der Waals surface area contributed by atoms with Gasteiger partial charge < -0.3 is 9.80 Å². The lowest BCUT2D eigenvalue weighted by atomic mass is 10.0. The predicted octanol–water partition coefficient (Wildman–Crippen LogP) is 4.88. The van der Waals surface area contributed by atoms with E-state index in [0.717, 1.165) is 36.8 Å². The number of amides is 1. The number of carbonyl (C=O) groups excluding carboxylic acids is 1. The molecule has 150 valence electrons. The number of hydrogen-bond acceptors (Lipinski definition) is 4. The van der Waals surface area contributed by atoms with Crippen LogP contribution in [0.25, 0.3) is 0 Å². The molecule has 5 nitrogen and oxygen atoms in total. The summed E-state index contributed by atoms with van der Waals surface area (Å²) in [6.07, 6.45) is 0.882. The summed E-state index contributed by atoms with van der Waals surface area (Å²) in [4.78, 5) is 26.4. The zero-order chi connectivity index (χ0) is 20.4. The summed E-state index contributed by atoms with van der Waals surface area (Å²) >= 11 is 12.1. The quantitative estimate of drug-likeness (QED) is 0.709. The van der Waals surface area contributed by atoms with Crippen molar-refractivity contribution in [2.45, 2.75) is 40.0 Å². The van der Waals surface area contributed by atoms with Gasteiger partial charge in [0.25, 0.3) is 5.91 Å². The van der Waals surface area contributed by atoms with E-state index in [2.05, 4.69) is 23.7 Å². The van der Waals surface area contributed by atoms with Gasteiger partial charge in [-0.15, -0.1) is 0 Å². The molecule has 28 heavy (non-hydrogen) atoms. The van der Waals surface area contributed by atoms with Gasteiger partial charge in [0.2, 0.25) is 0 Å². The van der Waals surface area contributed by atoms with Crippen LogP contribution in [0.2, 0.25) is 10.0 Å². The Hall–Kier alpha value is -1.85. The molecule has 0 unspecified atom stereocenters. The number of halogens is 2. The SMILES string of the molecule is Cc1nc(C)c(C(C)C)c(N2CCCN(C(=O)c3ccc(Cl)c(Cl)c3)CC2)n1. The van der Waals surface area contributed by atoms with Crippen molar-refractivity contribution < 1.29 is 4.79 Å². The number of hydrogen-bond donors (Lipinski definition) is 0. The second-order valence-electron chi connectivity index (χ2n) is 7.51. The van der Waals surface area contributed by atoms with Crippen LogP contribution in [0.3, 0.4) is 0 Å². The van der Waals surface area contributed by atoms with Gasteiger partial charge >= 0.3 is 0 Å². The number of nitrogens with zero attached hydrogens (tertiary/aromatic N) is 4. The van der Waals surface area contributed by atoms with Crippen LogP contribution < -0.4 is 4.90 Å². The van der Waals surface area contributed by atoms with E-state index in [-0.39, 0.29) is 5.91 Å². The number of aryl methyl sites for hydroxylation is 2. The van der Waals surface area contributed by atoms with Gasteiger partial charge in [-0.2, -0.15) is 0 Å². The monoisotopic (exact) mass is 420 g/mol. The van der Waals surface area contributed by atoms with Gasteiger partial charge in [-0.1, -0.05) is 37.0 Å². The lowest BCUT2D eigenvalue weighted by Gasteiger charge is -2.27. The Morgan fingerprint density at radius 2 is 1.79 bits per heavy atom. The molecule has 1 aromatic carbocycles. The van der Waals surface area contributed by atoms with Crippen LogP contribution in [0.15, 0.2) is 18.2 Å². The Bertz CT molecular complexity index is 885. The second kappa shape index (κ2) is 8.66. The lowest BCUT2D eigenvalue weighted by Crippen LogP contribution is -2.35. The molecule has 0 saturated carbocycles. The molecule has 1 aliphatic heterocycles. The highest BCUT2D eigenvalue weighted by molar-refractivity contribution is 6.42. The van der Waals surface area contributed by atoms with E-state index in [1.54, 1.807) is 18.2 Å². The third-order valence-electron chi connectivity index (χ3n) is 5.05. The summed E-state index contributed by atoms with van der Waals surface area (Å²) in [6.45, 7) is 11.3. The van der Waals surface area contributed by atoms with Crippen LogP contribution in [0.1, 0.15) is 53.6 Å². The first kappa shape index (κ1) is 20.9. The van der Waals surface area contributed by atoms with E-state index in [1.165, 1.54) is 5.56 Å². The molecule has 2 aromatic rings. The highest BCUT2D eigenvalue weighted by atomic mass is 35.5. The van der Waals surface area contributed by atoms with E-state index >= 15 is 0 Å². The lowest BCUT2D eigenvalue weighted by molar-refractivity contribution is 0.0767. The molecular formula is C21H26Cl2N4O. The highest BCUT2D eigenvalue weighted by Crippen LogP contribution is 2.29. The molecule has 0 bridgehead atoms. The average Bonchev–Trinajstić information content (AvgIpc) is 2.88. The maximum absolute atomic E-state index is 12.9. The highest BCUT2D eigenvalue weighted by Gasteiger charge is 2.24. The van der Waals surface area contributed by atoms with E-state index < -0.39 is 0 Å². The third-order valence-corrected chi connectivity index (χ3v) is 5.79. The van der Waals surface area contributed by atoms with Crippen molar-refractivity contribution in [1.29, 1.82) is 0 Å². The molecule has 1 aromatic heterocycles. The number of carbonyl (C=O) groups is 1. The average molecular weight is 421 g/mol. The molecule has 1 fully saturated rings. The fraction of sp³-hybridized carbons (Fsp3) is 0.476. The standard InChI is InChI=1S/C21H26Cl2N4O/c1-13(2)19-14(3)24-15(4)25-20(19)26-8-5-9-27(11-10-26)21(28)16-6-7-17(22)18(23)12-16/h6-7,12-13H,5,8-11H2,1-4H3. The Labute approximate surface area is 176 Å². The largest absolute Gasteiger partial charge is 0.354 e. The first-order chi connectivity index (χ1) is 13.3. The first-order valence-corrected chi connectivity index (χ1v) is 10.4. The number of benzene rings is 1. The Kier molecular flexibility index (Phi) is 6.46. The molecule has 0 N–H and O–H groups in total. The van der Waals surface area contributed by atoms with Crippen molar-refractivity contribution in [3.8, 4) is 0 Å². The van der Waals surface area contributed by atoms with Crippen molar-refractivity contribution in [2.75, 3.05) is 31.1 Å². The van der Waals surface area contributed by atoms with Crippen molar-refractivity contribution in [2.24, 2.45) is 0 Å². The van der Waals surface area contributed by atoms with E-state index in [0.29, 0.717) is 34.6 Å². The molecule has 1 saturated heterocycles. The zero-order valence-corrected chi connectivity index (χ0v) is 18.3. The maximum Gasteiger partial charge on any atom is 0.253 e. The van der Waals surface area contributed by atoms with Gasteiger partial charge in [0.05, 0.1) is 10.0 Å². The summed E-state index contributed by atoms with van der Waals surface area (Å²) < 4.78 is 0. The Balaban J connectivity index is 1.80. The molecule has 1 aliphatic rings. The number of anilines is 1. The summed E-state index contributed by atoms with van der Waals surface area (Å²) in [5, 5.41) is 0.855. The summed E-state index contributed by atoms with van der Waals surface area (Å²) in [6, 6.07) is 5.04. The van der Waals surface area contributed by atoms with Crippen molar-refractivity contribution in [1.82, 2.24) is 14.9 Å². The van der Waals surface area contributed by atoms with Crippen molar-refractivity contribution in [3.05, 3.63) is 50.9 Å². The molecule has 1 amide bonds. The Morgan fingerprint density at radius 3 is 2.46 bits per heavy atom. The molecule has 2 heterocycles. The molecule has 0 aliphatic carbocycles. The van der Waals surface area contributed by atoms with Crippen LogP contribution in [0, 0.1) is 13.8 Å². The summed E-state index contributed by atoms with van der Waals surface area (Å²) in [5.74, 6) is 2.11. The molecule has 0 spiro atoms. The van der Waals surface area contributed by atoms with Crippen molar-refractivity contribution >= 4 is 34.9 Å². The minimum atomic E-state index is -0.0143. The molecule has 0 atom stereocenters. The topological polar surface area (TPSA) is 49.3 Å². The van der Waals surface area contributed by atoms with Crippen LogP contribution in [-0.4, -0.2) is 47.0 Å². The Morgan fingerprint density at radius 1 is 1.04 bits per heavy atom. The van der Waals surface area contributed by atoms with Crippen LogP contribution in [0.4, 0.5) is 5.82 Å². The van der Waals surface area contributed by atoms with Gasteiger partial charge in [-0.3, -0.25) is 4.79 Å². The maximum atomic E-state index is 12.9. The molecule has 0 radical (unpaired) electrons. The predicted molar refractivity (Wildman–Crippen MR) is 115 cm³/mol. The van der Waals surface area contributed by atoms with E-state index in [4.69, 9.17) is 28.2 Å². The van der Waals surface area contributed by atoms with Crippen LogP contribution in [-0.2, 0) is 0 Å². The fourth-order valence-electron chi connectivity index (χ4n) is 3.76. The van der Waals surface area contributed by atoms with Gasteiger partial charge in [-0.25, -0.2) is 9.97 Å². The van der Waals surface area contributed by atoms with Gasteiger partial charge in [0.15, 0.2) is 0 Å². The van der Waals surface area contributed by atoms with E-state index in [9.17, 15) is 4.79 Å². The van der Waals surface area contributed by atoms with Gasteiger partial charge in [-0.05, 0) is 44.4 Å². The smallest absolute Gasteiger partial charge is 0.253 e. The van der Waals surface area contributed by atoms with Gasteiger partial charge in [0.1, 0.15) is 11.6 Å². The van der Waals surface area contributed by atoms with Crippen LogP contribution >= 0.6 is 23.2 Å². The van der Waals surface area contributed by atoms with E-state index in [1.807, 2.05) is 18.7 Å². The fourth-order valence-corrected chi connectivity index (χ4v) is 4.06. The number of rotatable bonds is 3. The third kappa shape index (κ3) is 4.41. The summed E-state index contributed by atoms with van der Waals surface area (Å²) in [5.41, 5.74) is 2.79. The number of aromatic nitrogens is 2. The normalized spacial score (nSPS) is 15.1. The minimum Gasteiger partial charge on any atom is -0.354 e. The van der Waals surface area contributed by atoms with Crippen LogP contribution in [0.5, 0.6) is 0 Å². The zero-order valence-electron chi connectivity index (χ0n) is 16.8. The van der Waals surface area contributed by atoms with Crippen molar-refractivity contribution in [3.63, 3.8) is 0 Å².